The molecule has 24 heavy (non-hydrogen) atoms. The maximum absolute atomic E-state index is 12.4. The number of phenolic OH excluding ortho intramolecular Hbond substituents is 1. The van der Waals surface area contributed by atoms with Crippen molar-refractivity contribution in [2.75, 3.05) is 5.32 Å². The van der Waals surface area contributed by atoms with E-state index in [4.69, 9.17) is 0 Å². The molecule has 0 aliphatic heterocycles. The van der Waals surface area contributed by atoms with E-state index in [1.807, 2.05) is 59.3 Å². The van der Waals surface area contributed by atoms with Gasteiger partial charge in [0.15, 0.2) is 0 Å². The highest BCUT2D eigenvalue weighted by Crippen LogP contribution is 2.29. The lowest BCUT2D eigenvalue weighted by molar-refractivity contribution is -0.115. The Hall–Kier alpha value is -3.34. The molecule has 0 radical (unpaired) electrons. The number of nitrogens with one attached hydrogen (secondary N) is 1. The van der Waals surface area contributed by atoms with Crippen LogP contribution in [0.4, 0.5) is 5.69 Å². The summed E-state index contributed by atoms with van der Waals surface area (Å²) in [6.07, 6.45) is 3.94. The van der Waals surface area contributed by atoms with Gasteiger partial charge in [-0.2, -0.15) is 0 Å². The Bertz CT molecular complexity index is 1020. The maximum atomic E-state index is 12.4. The molecule has 0 bridgehead atoms. The molecule has 0 saturated heterocycles. The van der Waals surface area contributed by atoms with Crippen LogP contribution in [0, 0.1) is 0 Å². The summed E-state index contributed by atoms with van der Waals surface area (Å²) in [5.74, 6) is 0.0539. The molecule has 0 fully saturated rings. The molecule has 2 N–H and O–H groups in total. The van der Waals surface area contributed by atoms with Gasteiger partial charge in [0.1, 0.15) is 11.4 Å². The number of aromatic nitrogens is 2. The summed E-state index contributed by atoms with van der Waals surface area (Å²) in [5.41, 5.74) is 2.20. The molecule has 2 heterocycles. The number of benzene rings is 2. The number of hydrogen-bond acceptors (Lipinski definition) is 3. The van der Waals surface area contributed by atoms with Crippen LogP contribution in [-0.2, 0) is 11.2 Å². The Morgan fingerprint density at radius 3 is 2.75 bits per heavy atom. The normalized spacial score (nSPS) is 11.0. The number of hydrogen-bond donors (Lipinski definition) is 2. The lowest BCUT2D eigenvalue weighted by Gasteiger charge is -2.09. The van der Waals surface area contributed by atoms with Gasteiger partial charge in [0.25, 0.3) is 0 Å². The fourth-order valence-electron chi connectivity index (χ4n) is 2.83. The van der Waals surface area contributed by atoms with E-state index in [1.165, 1.54) is 0 Å². The van der Waals surface area contributed by atoms with Gasteiger partial charge in [0.05, 0.1) is 12.1 Å². The highest BCUT2D eigenvalue weighted by atomic mass is 16.3. The van der Waals surface area contributed by atoms with Crippen LogP contribution in [0.15, 0.2) is 67.0 Å². The van der Waals surface area contributed by atoms with E-state index >= 15 is 0 Å². The number of amides is 1. The third kappa shape index (κ3) is 2.56. The number of imidazole rings is 1. The number of anilines is 1. The smallest absolute Gasteiger partial charge is 0.230 e. The Kier molecular flexibility index (Phi) is 3.39. The monoisotopic (exact) mass is 317 g/mol. The van der Waals surface area contributed by atoms with Crippen molar-refractivity contribution in [1.82, 2.24) is 9.38 Å². The average molecular weight is 317 g/mol. The molecule has 2 aromatic carbocycles. The average Bonchev–Trinajstić information content (AvgIpc) is 2.98. The number of pyridine rings is 1. The molecule has 0 unspecified atom stereocenters. The van der Waals surface area contributed by atoms with Crippen LogP contribution in [0.1, 0.15) is 5.69 Å². The highest BCUT2D eigenvalue weighted by molar-refractivity contribution is 6.04. The second-order valence-corrected chi connectivity index (χ2v) is 5.60. The minimum Gasteiger partial charge on any atom is -0.507 e. The van der Waals surface area contributed by atoms with Crippen molar-refractivity contribution in [1.29, 1.82) is 0 Å². The van der Waals surface area contributed by atoms with E-state index in [1.54, 1.807) is 12.1 Å². The second kappa shape index (κ2) is 5.70. The standard InChI is InChI=1S/C19H15N3O2/c23-17-8-4-5-14-15(17)6-3-7-16(14)21-19(24)11-13-12-22-10-2-1-9-18(22)20-13/h1-10,12,23H,11H2,(H,21,24). The van der Waals surface area contributed by atoms with Crippen molar-refractivity contribution < 1.29 is 9.90 Å². The van der Waals surface area contributed by atoms with Crippen LogP contribution >= 0.6 is 0 Å². The molecule has 1 amide bonds. The first-order valence-corrected chi connectivity index (χ1v) is 7.64. The summed E-state index contributed by atoms with van der Waals surface area (Å²) in [7, 11) is 0. The van der Waals surface area contributed by atoms with Gasteiger partial charge in [-0.1, -0.05) is 30.3 Å². The number of carbonyl (C=O) groups is 1. The number of fused-ring (bicyclic) bond motifs is 2. The topological polar surface area (TPSA) is 66.6 Å². The lowest BCUT2D eigenvalue weighted by Crippen LogP contribution is -2.14. The molecular formula is C19H15N3O2. The SMILES string of the molecule is O=C(Cc1cn2ccccc2n1)Nc1cccc2c(O)cccc12. The molecule has 5 nitrogen and oxygen atoms in total. The van der Waals surface area contributed by atoms with Crippen molar-refractivity contribution in [2.24, 2.45) is 0 Å². The molecule has 4 rings (SSSR count). The Morgan fingerprint density at radius 1 is 1.04 bits per heavy atom. The molecule has 0 spiro atoms. The summed E-state index contributed by atoms with van der Waals surface area (Å²) >= 11 is 0. The van der Waals surface area contributed by atoms with Gasteiger partial charge in [-0.3, -0.25) is 4.79 Å². The van der Waals surface area contributed by atoms with Gasteiger partial charge < -0.3 is 14.8 Å². The van der Waals surface area contributed by atoms with Gasteiger partial charge >= 0.3 is 0 Å². The second-order valence-electron chi connectivity index (χ2n) is 5.60. The molecule has 0 saturated carbocycles. The quantitative estimate of drug-likeness (QED) is 0.609. The number of nitrogens with zero attached hydrogens (tertiary/aromatic N) is 2. The number of rotatable bonds is 3. The molecule has 0 aliphatic carbocycles. The van der Waals surface area contributed by atoms with Gasteiger partial charge in [-0.25, -0.2) is 4.98 Å². The largest absolute Gasteiger partial charge is 0.507 e. The van der Waals surface area contributed by atoms with E-state index in [2.05, 4.69) is 10.3 Å². The third-order valence-electron chi connectivity index (χ3n) is 3.93. The predicted octanol–water partition coefficient (Wildman–Crippen LogP) is 3.37. The van der Waals surface area contributed by atoms with Crippen molar-refractivity contribution in [3.63, 3.8) is 0 Å². The van der Waals surface area contributed by atoms with Gasteiger partial charge in [0, 0.05) is 28.9 Å². The molecule has 2 aromatic heterocycles. The van der Waals surface area contributed by atoms with Crippen molar-refractivity contribution in [3.8, 4) is 5.75 Å². The first-order chi connectivity index (χ1) is 11.7. The molecule has 0 aliphatic rings. The van der Waals surface area contributed by atoms with Crippen molar-refractivity contribution >= 4 is 28.0 Å². The zero-order chi connectivity index (χ0) is 16.5. The number of phenols is 1. The summed E-state index contributed by atoms with van der Waals surface area (Å²) in [5, 5.41) is 14.3. The van der Waals surface area contributed by atoms with E-state index in [0.717, 1.165) is 11.0 Å². The minimum absolute atomic E-state index is 0.144. The Labute approximate surface area is 138 Å². The van der Waals surface area contributed by atoms with Gasteiger partial charge in [-0.05, 0) is 24.3 Å². The van der Waals surface area contributed by atoms with Crippen LogP contribution in [0.2, 0.25) is 0 Å². The minimum atomic E-state index is -0.144. The molecule has 118 valence electrons. The summed E-state index contributed by atoms with van der Waals surface area (Å²) < 4.78 is 1.89. The fourth-order valence-corrected chi connectivity index (χ4v) is 2.83. The van der Waals surface area contributed by atoms with Gasteiger partial charge in [-0.15, -0.1) is 0 Å². The maximum Gasteiger partial charge on any atom is 0.230 e. The van der Waals surface area contributed by atoms with Crippen molar-refractivity contribution in [3.05, 3.63) is 72.7 Å². The van der Waals surface area contributed by atoms with E-state index in [-0.39, 0.29) is 18.1 Å². The van der Waals surface area contributed by atoms with Crippen LogP contribution in [0.5, 0.6) is 5.75 Å². The van der Waals surface area contributed by atoms with Crippen LogP contribution in [0.3, 0.4) is 0 Å². The molecular weight excluding hydrogens is 302 g/mol. The molecule has 0 atom stereocenters. The Morgan fingerprint density at radius 2 is 1.88 bits per heavy atom. The first-order valence-electron chi connectivity index (χ1n) is 7.64. The van der Waals surface area contributed by atoms with Crippen LogP contribution in [-0.4, -0.2) is 20.4 Å². The summed E-state index contributed by atoms with van der Waals surface area (Å²) in [6, 6.07) is 16.4. The number of aromatic hydroxyl groups is 1. The van der Waals surface area contributed by atoms with Gasteiger partial charge in [0.2, 0.25) is 5.91 Å². The zero-order valence-electron chi connectivity index (χ0n) is 12.8. The predicted molar refractivity (Wildman–Crippen MR) is 93.1 cm³/mol. The zero-order valence-corrected chi connectivity index (χ0v) is 12.8. The third-order valence-corrected chi connectivity index (χ3v) is 3.93. The lowest BCUT2D eigenvalue weighted by atomic mass is 10.1. The number of carbonyl (C=O) groups excluding carboxylic acids is 1. The first kappa shape index (κ1) is 14.3. The van der Waals surface area contributed by atoms with Crippen LogP contribution in [0.25, 0.3) is 16.4 Å². The van der Waals surface area contributed by atoms with Crippen LogP contribution < -0.4 is 5.32 Å². The highest BCUT2D eigenvalue weighted by Gasteiger charge is 2.10. The summed E-state index contributed by atoms with van der Waals surface area (Å²) in [6.45, 7) is 0. The molecule has 5 heteroatoms. The fraction of sp³-hybridized carbons (Fsp3) is 0.0526. The summed E-state index contributed by atoms with van der Waals surface area (Å²) in [4.78, 5) is 16.8. The molecule has 4 aromatic rings. The van der Waals surface area contributed by atoms with Crippen molar-refractivity contribution in [2.45, 2.75) is 6.42 Å². The van der Waals surface area contributed by atoms with E-state index in [9.17, 15) is 9.90 Å². The Balaban J connectivity index is 1.59. The van der Waals surface area contributed by atoms with E-state index in [0.29, 0.717) is 16.8 Å². The van der Waals surface area contributed by atoms with E-state index < -0.39 is 0 Å².